The number of carbonyl (C=O) groups is 1. The Bertz CT molecular complexity index is 700. The van der Waals surface area contributed by atoms with Crippen molar-refractivity contribution in [3.8, 4) is 0 Å². The molecule has 2 aromatic rings. The molecule has 0 atom stereocenters. The van der Waals surface area contributed by atoms with Gasteiger partial charge in [-0.15, -0.1) is 0 Å². The number of nitrogens with one attached hydrogen (secondary N) is 1. The van der Waals surface area contributed by atoms with Crippen molar-refractivity contribution in [1.82, 2.24) is 10.2 Å². The Balaban J connectivity index is 2.01. The standard InChI is InChI=1S/C13H12N4O2/c1-19-5-4-11-9-6-8(2-3-10(9)16-17-11)12-7-14-13(18)15-12/h2-3,6-7H,4-5H2,1H3,(H,16,17). The average molecular weight is 256 g/mol. The molecule has 0 saturated carbocycles. The Hall–Kier alpha value is -2.34. The van der Waals surface area contributed by atoms with Crippen molar-refractivity contribution in [2.45, 2.75) is 6.42 Å². The SMILES string of the molecule is COCCc1[nH]nc2ccc(C3=NC(=O)N=C3)cc12. The molecule has 0 unspecified atom stereocenters. The number of hydrogen-bond acceptors (Lipinski definition) is 3. The van der Waals surface area contributed by atoms with Crippen LogP contribution in [0.25, 0.3) is 10.9 Å². The van der Waals surface area contributed by atoms with E-state index < -0.39 is 6.03 Å². The van der Waals surface area contributed by atoms with E-state index in [2.05, 4.69) is 20.2 Å². The van der Waals surface area contributed by atoms with E-state index in [0.29, 0.717) is 12.3 Å². The molecule has 6 nitrogen and oxygen atoms in total. The minimum Gasteiger partial charge on any atom is -0.384 e. The van der Waals surface area contributed by atoms with Gasteiger partial charge in [-0.2, -0.15) is 15.1 Å². The molecule has 0 fully saturated rings. The summed E-state index contributed by atoms with van der Waals surface area (Å²) in [5.74, 6) is 0. The third-order valence-electron chi connectivity index (χ3n) is 3.00. The van der Waals surface area contributed by atoms with Gasteiger partial charge in [-0.3, -0.25) is 5.10 Å². The first kappa shape index (κ1) is 11.7. The minimum absolute atomic E-state index is 0.457. The van der Waals surface area contributed by atoms with Crippen LogP contribution in [0.1, 0.15) is 11.3 Å². The first-order valence-electron chi connectivity index (χ1n) is 5.91. The van der Waals surface area contributed by atoms with Gasteiger partial charge in [-0.05, 0) is 12.1 Å². The summed E-state index contributed by atoms with van der Waals surface area (Å²) in [7, 11) is 1.67. The molecule has 2 heterocycles. The monoisotopic (exact) mass is 256 g/mol. The molecule has 19 heavy (non-hydrogen) atoms. The van der Waals surface area contributed by atoms with Gasteiger partial charge in [-0.25, -0.2) is 4.79 Å². The smallest absolute Gasteiger partial charge is 0.367 e. The largest absolute Gasteiger partial charge is 0.384 e. The molecule has 0 aliphatic carbocycles. The molecule has 2 amide bonds. The molecule has 1 aliphatic rings. The maximum absolute atomic E-state index is 11.0. The van der Waals surface area contributed by atoms with E-state index in [-0.39, 0.29) is 0 Å². The number of H-pyrrole nitrogens is 1. The minimum atomic E-state index is -0.457. The van der Waals surface area contributed by atoms with Gasteiger partial charge in [0.25, 0.3) is 0 Å². The number of aromatic nitrogens is 2. The number of rotatable bonds is 4. The zero-order valence-corrected chi connectivity index (χ0v) is 10.4. The first-order valence-corrected chi connectivity index (χ1v) is 5.91. The Morgan fingerprint density at radius 3 is 3.00 bits per heavy atom. The topological polar surface area (TPSA) is 79.7 Å². The number of amides is 2. The van der Waals surface area contributed by atoms with Gasteiger partial charge in [0.2, 0.25) is 0 Å². The highest BCUT2D eigenvalue weighted by molar-refractivity contribution is 6.44. The van der Waals surface area contributed by atoms with Crippen LogP contribution in [0.2, 0.25) is 0 Å². The maximum atomic E-state index is 11.0. The third kappa shape index (κ3) is 2.17. The fourth-order valence-electron chi connectivity index (χ4n) is 2.03. The number of carbonyl (C=O) groups excluding carboxylic acids is 1. The van der Waals surface area contributed by atoms with Gasteiger partial charge in [-0.1, -0.05) is 6.07 Å². The van der Waals surface area contributed by atoms with Crippen molar-refractivity contribution in [3.63, 3.8) is 0 Å². The van der Waals surface area contributed by atoms with Crippen molar-refractivity contribution >= 4 is 28.9 Å². The summed E-state index contributed by atoms with van der Waals surface area (Å²) in [5, 5.41) is 8.26. The molecule has 0 spiro atoms. The van der Waals surface area contributed by atoms with Crippen LogP contribution >= 0.6 is 0 Å². The molecule has 3 rings (SSSR count). The van der Waals surface area contributed by atoms with Crippen LogP contribution in [0.15, 0.2) is 28.2 Å². The number of urea groups is 1. The number of fused-ring (bicyclic) bond motifs is 1. The van der Waals surface area contributed by atoms with E-state index in [1.54, 1.807) is 7.11 Å². The third-order valence-corrected chi connectivity index (χ3v) is 3.00. The predicted molar refractivity (Wildman–Crippen MR) is 72.1 cm³/mol. The van der Waals surface area contributed by atoms with Gasteiger partial charge >= 0.3 is 6.03 Å². The van der Waals surface area contributed by atoms with E-state index in [1.165, 1.54) is 6.21 Å². The number of benzene rings is 1. The number of ether oxygens (including phenoxy) is 1. The quantitative estimate of drug-likeness (QED) is 0.904. The highest BCUT2D eigenvalue weighted by Gasteiger charge is 2.12. The van der Waals surface area contributed by atoms with E-state index in [9.17, 15) is 4.79 Å². The summed E-state index contributed by atoms with van der Waals surface area (Å²) < 4.78 is 5.07. The lowest BCUT2D eigenvalue weighted by Gasteiger charge is -2.00. The lowest BCUT2D eigenvalue weighted by atomic mass is 10.1. The lowest BCUT2D eigenvalue weighted by Crippen LogP contribution is -1.99. The van der Waals surface area contributed by atoms with Gasteiger partial charge in [0.15, 0.2) is 0 Å². The van der Waals surface area contributed by atoms with E-state index in [1.807, 2.05) is 18.2 Å². The number of hydrogen-bond donors (Lipinski definition) is 1. The lowest BCUT2D eigenvalue weighted by molar-refractivity contribution is 0.201. The summed E-state index contributed by atoms with van der Waals surface area (Å²) in [4.78, 5) is 18.5. The molecule has 0 saturated heterocycles. The average Bonchev–Trinajstić information content (AvgIpc) is 3.02. The molecule has 96 valence electrons. The Kier molecular flexibility index (Phi) is 2.92. The number of methoxy groups -OCH3 is 1. The Labute approximate surface area is 109 Å². The highest BCUT2D eigenvalue weighted by Crippen LogP contribution is 2.19. The van der Waals surface area contributed by atoms with Crippen molar-refractivity contribution in [3.05, 3.63) is 29.5 Å². The summed E-state index contributed by atoms with van der Waals surface area (Å²) in [6, 6.07) is 5.29. The van der Waals surface area contributed by atoms with Crippen LogP contribution in [-0.4, -0.2) is 41.9 Å². The molecule has 6 heteroatoms. The first-order chi connectivity index (χ1) is 9.28. The zero-order chi connectivity index (χ0) is 13.2. The molecule has 1 aliphatic heterocycles. The van der Waals surface area contributed by atoms with Crippen molar-refractivity contribution in [2.24, 2.45) is 9.98 Å². The highest BCUT2D eigenvalue weighted by atomic mass is 16.5. The number of aliphatic imine (C=N–C) groups is 2. The summed E-state index contributed by atoms with van der Waals surface area (Å²) in [6.45, 7) is 0.627. The van der Waals surface area contributed by atoms with Crippen molar-refractivity contribution in [2.75, 3.05) is 13.7 Å². The van der Waals surface area contributed by atoms with Gasteiger partial charge in [0.1, 0.15) is 0 Å². The van der Waals surface area contributed by atoms with E-state index >= 15 is 0 Å². The van der Waals surface area contributed by atoms with Gasteiger partial charge in [0, 0.05) is 30.2 Å². The van der Waals surface area contributed by atoms with Gasteiger partial charge < -0.3 is 4.74 Å². The second-order valence-electron chi connectivity index (χ2n) is 4.21. The summed E-state index contributed by atoms with van der Waals surface area (Å²) >= 11 is 0. The second-order valence-corrected chi connectivity index (χ2v) is 4.21. The number of aromatic amines is 1. The molecule has 0 radical (unpaired) electrons. The summed E-state index contributed by atoms with van der Waals surface area (Å²) in [5.41, 5.74) is 3.35. The van der Waals surface area contributed by atoms with Crippen LogP contribution in [0.3, 0.4) is 0 Å². The normalized spacial score (nSPS) is 14.4. The predicted octanol–water partition coefficient (Wildman–Crippen LogP) is 1.75. The Morgan fingerprint density at radius 1 is 1.37 bits per heavy atom. The van der Waals surface area contributed by atoms with Crippen LogP contribution in [0.4, 0.5) is 4.79 Å². The number of nitrogens with zero attached hydrogens (tertiary/aromatic N) is 3. The molecule has 1 aromatic carbocycles. The van der Waals surface area contributed by atoms with E-state index in [4.69, 9.17) is 4.74 Å². The fourth-order valence-corrected chi connectivity index (χ4v) is 2.03. The van der Waals surface area contributed by atoms with Crippen molar-refractivity contribution < 1.29 is 9.53 Å². The molecular weight excluding hydrogens is 244 g/mol. The Morgan fingerprint density at radius 2 is 2.26 bits per heavy atom. The van der Waals surface area contributed by atoms with Gasteiger partial charge in [0.05, 0.1) is 24.0 Å². The fraction of sp³-hybridized carbons (Fsp3) is 0.231. The molecule has 0 bridgehead atoms. The van der Waals surface area contributed by atoms with Crippen LogP contribution in [-0.2, 0) is 11.2 Å². The van der Waals surface area contributed by atoms with Crippen LogP contribution < -0.4 is 0 Å². The second kappa shape index (κ2) is 4.74. The zero-order valence-electron chi connectivity index (χ0n) is 10.4. The molecular formula is C13H12N4O2. The summed E-state index contributed by atoms with van der Waals surface area (Å²) in [6.07, 6.45) is 2.24. The van der Waals surface area contributed by atoms with Crippen LogP contribution in [0, 0.1) is 0 Å². The van der Waals surface area contributed by atoms with Crippen molar-refractivity contribution in [1.29, 1.82) is 0 Å². The van der Waals surface area contributed by atoms with E-state index in [0.717, 1.165) is 28.6 Å². The molecule has 1 N–H and O–H groups in total. The molecule has 1 aromatic heterocycles. The maximum Gasteiger partial charge on any atom is 0.367 e. The van der Waals surface area contributed by atoms with Crippen LogP contribution in [0.5, 0.6) is 0 Å².